The first-order valence-corrected chi connectivity index (χ1v) is 19.5. The van der Waals surface area contributed by atoms with Gasteiger partial charge in [-0.25, -0.2) is 15.0 Å². The Balaban J connectivity index is 1.11. The molecule has 0 saturated heterocycles. The van der Waals surface area contributed by atoms with E-state index in [1.807, 2.05) is 60.7 Å². The minimum Gasteiger partial charge on any atom is -0.453 e. The van der Waals surface area contributed by atoms with Crippen LogP contribution >= 0.6 is 0 Å². The highest BCUT2D eigenvalue weighted by atomic mass is 16.3. The predicted octanol–water partition coefficient (Wildman–Crippen LogP) is 13.8. The zero-order chi connectivity index (χ0) is 38.2. The second-order valence-electron chi connectivity index (χ2n) is 14.8. The summed E-state index contributed by atoms with van der Waals surface area (Å²) in [5.41, 5.74) is 10.0. The van der Waals surface area contributed by atoms with Crippen molar-refractivity contribution in [3.63, 3.8) is 0 Å². The van der Waals surface area contributed by atoms with Crippen molar-refractivity contribution >= 4 is 65.3 Å². The minimum atomic E-state index is 0.624. The third-order valence-electron chi connectivity index (χ3n) is 11.4. The Morgan fingerprint density at radius 3 is 1.64 bits per heavy atom. The highest BCUT2D eigenvalue weighted by Crippen LogP contribution is 2.44. The number of furan rings is 1. The van der Waals surface area contributed by atoms with Crippen molar-refractivity contribution in [1.82, 2.24) is 19.5 Å². The normalized spacial score (nSPS) is 11.8. The van der Waals surface area contributed by atoms with Crippen LogP contribution in [-0.2, 0) is 0 Å². The van der Waals surface area contributed by atoms with E-state index >= 15 is 0 Å². The van der Waals surface area contributed by atoms with Gasteiger partial charge in [0.05, 0.1) is 16.7 Å². The maximum absolute atomic E-state index is 6.95. The number of nitrogens with zero attached hydrogens (tertiary/aromatic N) is 4. The second kappa shape index (κ2) is 12.8. The molecular weight excluding hydrogens is 709 g/mol. The Labute approximate surface area is 333 Å². The number of para-hydroxylation sites is 1. The number of rotatable bonds is 5. The summed E-state index contributed by atoms with van der Waals surface area (Å²) in [5.74, 6) is 1.90. The molecule has 5 nitrogen and oxygen atoms in total. The molecule has 3 heterocycles. The van der Waals surface area contributed by atoms with E-state index in [1.54, 1.807) is 0 Å². The largest absolute Gasteiger partial charge is 0.453 e. The van der Waals surface area contributed by atoms with Crippen LogP contribution in [0.1, 0.15) is 0 Å². The Morgan fingerprint density at radius 1 is 0.362 bits per heavy atom. The Hall–Kier alpha value is -7.89. The van der Waals surface area contributed by atoms with E-state index in [0.717, 1.165) is 77.2 Å². The molecule has 0 spiro atoms. The molecule has 0 fully saturated rings. The number of aromatic nitrogens is 4. The van der Waals surface area contributed by atoms with Crippen LogP contribution in [0.4, 0.5) is 0 Å². The van der Waals surface area contributed by atoms with Gasteiger partial charge >= 0.3 is 0 Å². The first-order chi connectivity index (χ1) is 28.8. The van der Waals surface area contributed by atoms with Crippen LogP contribution in [0.2, 0.25) is 0 Å². The number of benzene rings is 9. The molecule has 12 rings (SSSR count). The van der Waals surface area contributed by atoms with E-state index in [4.69, 9.17) is 19.4 Å². The van der Waals surface area contributed by atoms with Crippen molar-refractivity contribution in [2.75, 3.05) is 0 Å². The van der Waals surface area contributed by atoms with Gasteiger partial charge in [-0.3, -0.25) is 0 Å². The molecule has 0 N–H and O–H groups in total. The SMILES string of the molecule is c1ccc(-c2nc(-c3ccccc3)nc(-c3cccc(-c4cccc5c4c4ccc6ccccc6c4n5-c4cccc5c4oc4c6ccccc6ccc54)c3)n2)cc1. The summed E-state index contributed by atoms with van der Waals surface area (Å²) < 4.78 is 9.37. The maximum Gasteiger partial charge on any atom is 0.164 e. The van der Waals surface area contributed by atoms with Crippen molar-refractivity contribution in [2.24, 2.45) is 0 Å². The van der Waals surface area contributed by atoms with Gasteiger partial charge in [-0.1, -0.05) is 170 Å². The van der Waals surface area contributed by atoms with E-state index in [-0.39, 0.29) is 0 Å². The van der Waals surface area contributed by atoms with E-state index in [0.29, 0.717) is 17.5 Å². The zero-order valence-corrected chi connectivity index (χ0v) is 31.2. The summed E-state index contributed by atoms with van der Waals surface area (Å²) in [6, 6.07) is 68.0. The summed E-state index contributed by atoms with van der Waals surface area (Å²) in [6.45, 7) is 0. The fourth-order valence-electron chi connectivity index (χ4n) is 8.77. The lowest BCUT2D eigenvalue weighted by Crippen LogP contribution is -2.00. The van der Waals surface area contributed by atoms with Crippen LogP contribution in [0.25, 0.3) is 116 Å². The number of fused-ring (bicyclic) bond motifs is 10. The van der Waals surface area contributed by atoms with Crippen LogP contribution in [0.5, 0.6) is 0 Å². The lowest BCUT2D eigenvalue weighted by atomic mass is 9.97. The van der Waals surface area contributed by atoms with Crippen LogP contribution < -0.4 is 0 Å². The predicted molar refractivity (Wildman–Crippen MR) is 238 cm³/mol. The zero-order valence-electron chi connectivity index (χ0n) is 31.2. The lowest BCUT2D eigenvalue weighted by molar-refractivity contribution is 0.670. The van der Waals surface area contributed by atoms with Crippen LogP contribution in [0, 0.1) is 0 Å². The molecule has 58 heavy (non-hydrogen) atoms. The van der Waals surface area contributed by atoms with Crippen molar-refractivity contribution in [1.29, 1.82) is 0 Å². The second-order valence-corrected chi connectivity index (χ2v) is 14.8. The molecule has 3 aromatic heterocycles. The molecule has 0 aliphatic heterocycles. The maximum atomic E-state index is 6.95. The standard InChI is InChI=1S/C53H32N4O/c1-3-16-35(17-4-1)51-54-52(36-18-5-2-6-19-36)56-53(55-51)38-21-11-20-37(32-38)39-24-12-26-45-47(39)44-31-29-33-14-7-9-22-40(33)48(44)57(45)46-27-13-25-42-43-30-28-34-15-8-10-23-41(34)49(43)58-50(42)46/h1-32H. The molecule has 0 aliphatic rings. The van der Waals surface area contributed by atoms with Gasteiger partial charge in [0.2, 0.25) is 0 Å². The van der Waals surface area contributed by atoms with Crippen molar-refractivity contribution in [2.45, 2.75) is 0 Å². The quantitative estimate of drug-likeness (QED) is 0.176. The van der Waals surface area contributed by atoms with E-state index in [2.05, 4.69) is 138 Å². The molecular formula is C53H32N4O. The molecule has 270 valence electrons. The Morgan fingerprint density at radius 2 is 0.897 bits per heavy atom. The summed E-state index contributed by atoms with van der Waals surface area (Å²) >= 11 is 0. The topological polar surface area (TPSA) is 56.7 Å². The molecule has 12 aromatic rings. The monoisotopic (exact) mass is 740 g/mol. The van der Waals surface area contributed by atoms with Gasteiger partial charge in [-0.05, 0) is 46.2 Å². The van der Waals surface area contributed by atoms with E-state index in [9.17, 15) is 0 Å². The molecule has 0 amide bonds. The summed E-state index contributed by atoms with van der Waals surface area (Å²) in [5, 5.41) is 9.19. The van der Waals surface area contributed by atoms with Crippen LogP contribution in [0.15, 0.2) is 199 Å². The van der Waals surface area contributed by atoms with Gasteiger partial charge in [0.15, 0.2) is 23.1 Å². The van der Waals surface area contributed by atoms with Gasteiger partial charge < -0.3 is 8.98 Å². The molecule has 9 aromatic carbocycles. The smallest absolute Gasteiger partial charge is 0.164 e. The average molecular weight is 741 g/mol. The van der Waals surface area contributed by atoms with Gasteiger partial charge in [0.1, 0.15) is 5.58 Å². The summed E-state index contributed by atoms with van der Waals surface area (Å²) in [6.07, 6.45) is 0. The molecule has 5 heteroatoms. The van der Waals surface area contributed by atoms with Crippen molar-refractivity contribution in [3.05, 3.63) is 194 Å². The molecule has 0 unspecified atom stereocenters. The number of hydrogen-bond acceptors (Lipinski definition) is 4. The fraction of sp³-hybridized carbons (Fsp3) is 0. The highest BCUT2D eigenvalue weighted by molar-refractivity contribution is 6.23. The highest BCUT2D eigenvalue weighted by Gasteiger charge is 2.22. The Bertz CT molecular complexity index is 3510. The molecule has 0 radical (unpaired) electrons. The van der Waals surface area contributed by atoms with Gasteiger partial charge in [0, 0.05) is 49.0 Å². The summed E-state index contributed by atoms with van der Waals surface area (Å²) in [4.78, 5) is 15.0. The van der Waals surface area contributed by atoms with Crippen LogP contribution in [-0.4, -0.2) is 19.5 Å². The third-order valence-corrected chi connectivity index (χ3v) is 11.4. The number of hydrogen-bond donors (Lipinski definition) is 0. The first kappa shape index (κ1) is 32.4. The Kier molecular flexibility index (Phi) is 7.16. The first-order valence-electron chi connectivity index (χ1n) is 19.5. The third kappa shape index (κ3) is 5.00. The molecule has 0 bridgehead atoms. The fourth-order valence-corrected chi connectivity index (χ4v) is 8.77. The van der Waals surface area contributed by atoms with E-state index in [1.165, 1.54) is 21.5 Å². The molecule has 0 atom stereocenters. The van der Waals surface area contributed by atoms with Crippen LogP contribution in [0.3, 0.4) is 0 Å². The van der Waals surface area contributed by atoms with Crippen molar-refractivity contribution in [3.8, 4) is 51.0 Å². The van der Waals surface area contributed by atoms with Gasteiger partial charge in [-0.2, -0.15) is 0 Å². The molecule has 0 saturated carbocycles. The van der Waals surface area contributed by atoms with Gasteiger partial charge in [-0.15, -0.1) is 0 Å². The van der Waals surface area contributed by atoms with Gasteiger partial charge in [0.25, 0.3) is 0 Å². The summed E-state index contributed by atoms with van der Waals surface area (Å²) in [7, 11) is 0. The van der Waals surface area contributed by atoms with Crippen molar-refractivity contribution < 1.29 is 4.42 Å². The van der Waals surface area contributed by atoms with E-state index < -0.39 is 0 Å². The lowest BCUT2D eigenvalue weighted by Gasteiger charge is -2.11. The molecule has 0 aliphatic carbocycles. The average Bonchev–Trinajstić information content (AvgIpc) is 3.86. The minimum absolute atomic E-state index is 0.624.